The molecule has 0 aliphatic rings. The molecule has 0 aliphatic heterocycles. The van der Waals surface area contributed by atoms with Gasteiger partial charge in [0.1, 0.15) is 5.75 Å². The lowest BCUT2D eigenvalue weighted by Crippen LogP contribution is -2.17. The van der Waals surface area contributed by atoms with Gasteiger partial charge in [0.25, 0.3) is 5.91 Å². The summed E-state index contributed by atoms with van der Waals surface area (Å²) in [5.41, 5.74) is 3.92. The molecule has 22 heavy (non-hydrogen) atoms. The van der Waals surface area contributed by atoms with Gasteiger partial charge in [0.15, 0.2) is 0 Å². The summed E-state index contributed by atoms with van der Waals surface area (Å²) < 4.78 is 4.60. The Morgan fingerprint density at radius 3 is 2.23 bits per heavy atom. The van der Waals surface area contributed by atoms with Crippen LogP contribution in [0.1, 0.15) is 26.3 Å². The summed E-state index contributed by atoms with van der Waals surface area (Å²) in [6.45, 7) is 0. The van der Waals surface area contributed by atoms with Crippen molar-refractivity contribution in [2.24, 2.45) is 5.10 Å². The zero-order valence-electron chi connectivity index (χ0n) is 11.8. The van der Waals surface area contributed by atoms with E-state index in [1.54, 1.807) is 24.3 Å². The number of hydrogen-bond acceptors (Lipinski definition) is 5. The first-order valence-corrected chi connectivity index (χ1v) is 6.41. The molecule has 2 rings (SSSR count). The van der Waals surface area contributed by atoms with Crippen molar-refractivity contribution >= 4 is 18.1 Å². The van der Waals surface area contributed by atoms with E-state index in [4.69, 9.17) is 5.11 Å². The number of rotatable bonds is 4. The van der Waals surface area contributed by atoms with Crippen LogP contribution in [0.2, 0.25) is 0 Å². The van der Waals surface area contributed by atoms with Crippen LogP contribution in [0.5, 0.6) is 5.75 Å². The molecule has 0 radical (unpaired) electrons. The molecule has 0 bridgehead atoms. The van der Waals surface area contributed by atoms with Crippen molar-refractivity contribution in [1.29, 1.82) is 0 Å². The van der Waals surface area contributed by atoms with Crippen LogP contribution in [0.4, 0.5) is 0 Å². The average molecular weight is 298 g/mol. The van der Waals surface area contributed by atoms with Crippen LogP contribution in [0.3, 0.4) is 0 Å². The Morgan fingerprint density at radius 1 is 1.05 bits per heavy atom. The lowest BCUT2D eigenvalue weighted by Gasteiger charge is -2.01. The summed E-state index contributed by atoms with van der Waals surface area (Å²) in [7, 11) is 1.32. The van der Waals surface area contributed by atoms with Crippen molar-refractivity contribution in [3.63, 3.8) is 0 Å². The van der Waals surface area contributed by atoms with E-state index in [1.165, 1.54) is 37.6 Å². The zero-order chi connectivity index (χ0) is 15.9. The number of ether oxygens (including phenoxy) is 1. The number of nitrogens with one attached hydrogen (secondary N) is 1. The van der Waals surface area contributed by atoms with E-state index in [1.807, 2.05) is 0 Å². The van der Waals surface area contributed by atoms with Gasteiger partial charge in [-0.25, -0.2) is 10.2 Å². The first kappa shape index (κ1) is 15.2. The van der Waals surface area contributed by atoms with Gasteiger partial charge in [-0.3, -0.25) is 4.79 Å². The van der Waals surface area contributed by atoms with E-state index in [2.05, 4.69) is 15.3 Å². The highest BCUT2D eigenvalue weighted by Crippen LogP contribution is 2.09. The third kappa shape index (κ3) is 3.92. The van der Waals surface area contributed by atoms with Crippen LogP contribution < -0.4 is 5.43 Å². The number of carbonyl (C=O) groups excluding carboxylic acids is 2. The van der Waals surface area contributed by atoms with Crippen molar-refractivity contribution in [3.05, 3.63) is 65.2 Å². The highest BCUT2D eigenvalue weighted by molar-refractivity contribution is 5.95. The van der Waals surface area contributed by atoms with Gasteiger partial charge in [-0.1, -0.05) is 12.1 Å². The summed E-state index contributed by atoms with van der Waals surface area (Å²) in [5.74, 6) is -0.711. The second-order valence-electron chi connectivity index (χ2n) is 4.36. The minimum absolute atomic E-state index is 0.0887. The minimum Gasteiger partial charge on any atom is -0.508 e. The molecule has 0 aromatic heterocycles. The highest BCUT2D eigenvalue weighted by atomic mass is 16.5. The van der Waals surface area contributed by atoms with Crippen molar-refractivity contribution in [2.75, 3.05) is 7.11 Å². The quantitative estimate of drug-likeness (QED) is 0.513. The minimum atomic E-state index is -0.413. The summed E-state index contributed by atoms with van der Waals surface area (Å²) in [4.78, 5) is 23.0. The molecule has 0 unspecified atom stereocenters. The topological polar surface area (TPSA) is 88.0 Å². The second-order valence-corrected chi connectivity index (χ2v) is 4.36. The molecule has 6 heteroatoms. The SMILES string of the molecule is COC(=O)c1ccc(/C=N/NC(=O)c2ccc(O)cc2)cc1. The van der Waals surface area contributed by atoms with E-state index in [9.17, 15) is 9.59 Å². The molecule has 0 atom stereocenters. The van der Waals surface area contributed by atoms with Crippen LogP contribution in [0.15, 0.2) is 53.6 Å². The molecule has 0 spiro atoms. The normalized spacial score (nSPS) is 10.4. The lowest BCUT2D eigenvalue weighted by molar-refractivity contribution is 0.0600. The molecule has 0 saturated heterocycles. The maximum Gasteiger partial charge on any atom is 0.337 e. The Hall–Kier alpha value is -3.15. The number of hydrazone groups is 1. The molecule has 112 valence electrons. The van der Waals surface area contributed by atoms with Crippen LogP contribution in [0, 0.1) is 0 Å². The first-order chi connectivity index (χ1) is 10.6. The lowest BCUT2D eigenvalue weighted by atomic mass is 10.1. The number of phenolic OH excluding ortho intramolecular Hbond substituents is 1. The van der Waals surface area contributed by atoms with Crippen molar-refractivity contribution in [3.8, 4) is 5.75 Å². The van der Waals surface area contributed by atoms with Crippen LogP contribution >= 0.6 is 0 Å². The Labute approximate surface area is 127 Å². The number of methoxy groups -OCH3 is 1. The van der Waals surface area contributed by atoms with E-state index in [0.29, 0.717) is 11.1 Å². The van der Waals surface area contributed by atoms with E-state index in [0.717, 1.165) is 5.56 Å². The predicted octanol–water partition coefficient (Wildman–Crippen LogP) is 1.94. The van der Waals surface area contributed by atoms with E-state index < -0.39 is 5.97 Å². The summed E-state index contributed by atoms with van der Waals surface area (Å²) in [6.07, 6.45) is 1.46. The van der Waals surface area contributed by atoms with Crippen molar-refractivity contribution < 1.29 is 19.4 Å². The molecule has 2 N–H and O–H groups in total. The van der Waals surface area contributed by atoms with Gasteiger partial charge in [-0.2, -0.15) is 5.10 Å². The predicted molar refractivity (Wildman–Crippen MR) is 80.9 cm³/mol. The highest BCUT2D eigenvalue weighted by Gasteiger charge is 2.04. The molecule has 0 saturated carbocycles. The molecular formula is C16H14N2O4. The van der Waals surface area contributed by atoms with E-state index in [-0.39, 0.29) is 11.7 Å². The largest absolute Gasteiger partial charge is 0.508 e. The molecular weight excluding hydrogens is 284 g/mol. The molecule has 0 heterocycles. The van der Waals surface area contributed by atoms with Gasteiger partial charge in [0.05, 0.1) is 18.9 Å². The maximum absolute atomic E-state index is 11.8. The average Bonchev–Trinajstić information content (AvgIpc) is 2.55. The molecule has 2 aromatic rings. The fourth-order valence-corrected chi connectivity index (χ4v) is 1.67. The fourth-order valence-electron chi connectivity index (χ4n) is 1.67. The van der Waals surface area contributed by atoms with Crippen molar-refractivity contribution in [2.45, 2.75) is 0 Å². The van der Waals surface area contributed by atoms with Crippen LogP contribution in [-0.4, -0.2) is 30.3 Å². The molecule has 1 amide bonds. The monoisotopic (exact) mass is 298 g/mol. The first-order valence-electron chi connectivity index (χ1n) is 6.41. The Kier molecular flexibility index (Phi) is 4.87. The maximum atomic E-state index is 11.8. The number of aromatic hydroxyl groups is 1. The fraction of sp³-hybridized carbons (Fsp3) is 0.0625. The van der Waals surface area contributed by atoms with Gasteiger partial charge in [0.2, 0.25) is 0 Å². The van der Waals surface area contributed by atoms with Crippen LogP contribution in [-0.2, 0) is 4.74 Å². The van der Waals surface area contributed by atoms with Crippen molar-refractivity contribution in [1.82, 2.24) is 5.43 Å². The molecule has 6 nitrogen and oxygen atoms in total. The van der Waals surface area contributed by atoms with Gasteiger partial charge in [-0.05, 0) is 42.0 Å². The molecule has 0 fully saturated rings. The third-order valence-electron chi connectivity index (χ3n) is 2.84. The molecule has 2 aromatic carbocycles. The number of amides is 1. The Morgan fingerprint density at radius 2 is 1.64 bits per heavy atom. The Bertz CT molecular complexity index is 691. The second kappa shape index (κ2) is 7.03. The van der Waals surface area contributed by atoms with Gasteiger partial charge < -0.3 is 9.84 Å². The summed E-state index contributed by atoms with van der Waals surface area (Å²) >= 11 is 0. The van der Waals surface area contributed by atoms with Crippen LogP contribution in [0.25, 0.3) is 0 Å². The third-order valence-corrected chi connectivity index (χ3v) is 2.84. The Balaban J connectivity index is 1.96. The zero-order valence-corrected chi connectivity index (χ0v) is 11.8. The number of phenols is 1. The smallest absolute Gasteiger partial charge is 0.337 e. The number of carbonyl (C=O) groups is 2. The number of nitrogens with zero attached hydrogens (tertiary/aromatic N) is 1. The number of esters is 1. The van der Waals surface area contributed by atoms with Gasteiger partial charge in [-0.15, -0.1) is 0 Å². The number of benzene rings is 2. The molecule has 0 aliphatic carbocycles. The summed E-state index contributed by atoms with van der Waals surface area (Å²) in [6, 6.07) is 12.4. The number of hydrogen-bond donors (Lipinski definition) is 2. The van der Waals surface area contributed by atoms with Gasteiger partial charge in [0, 0.05) is 5.56 Å². The van der Waals surface area contributed by atoms with Gasteiger partial charge >= 0.3 is 5.97 Å². The van der Waals surface area contributed by atoms with E-state index >= 15 is 0 Å². The summed E-state index contributed by atoms with van der Waals surface area (Å²) in [5, 5.41) is 13.0. The standard InChI is InChI=1S/C16H14N2O4/c1-22-16(21)13-4-2-11(3-5-13)10-17-18-15(20)12-6-8-14(19)9-7-12/h2-10,19H,1H3,(H,18,20)/b17-10+.